The Kier molecular flexibility index (Phi) is 6.84. The number of hydrogen-bond donors (Lipinski definition) is 2. The summed E-state index contributed by atoms with van der Waals surface area (Å²) < 4.78 is 11.2. The minimum atomic E-state index is -0.817. The lowest BCUT2D eigenvalue weighted by molar-refractivity contribution is -0.136. The van der Waals surface area contributed by atoms with Gasteiger partial charge in [0.05, 0.1) is 19.3 Å². The molecule has 4 amide bonds. The SMILES string of the molecule is CCOc1ccc([C@@H](C)NC(=O)CN2C(=O)NC3(CCCCC3)C2=O)cc1OCC. The molecule has 1 atom stereocenters. The predicted octanol–water partition coefficient (Wildman–Crippen LogP) is 2.92. The number of urea groups is 1. The largest absolute Gasteiger partial charge is 0.490 e. The van der Waals surface area contributed by atoms with Gasteiger partial charge in [-0.2, -0.15) is 0 Å². The summed E-state index contributed by atoms with van der Waals surface area (Å²) in [4.78, 5) is 38.8. The molecule has 1 spiro atoms. The van der Waals surface area contributed by atoms with Gasteiger partial charge in [0.15, 0.2) is 11.5 Å². The van der Waals surface area contributed by atoms with Crippen LogP contribution in [0.25, 0.3) is 0 Å². The molecule has 0 aromatic heterocycles. The van der Waals surface area contributed by atoms with Gasteiger partial charge in [-0.3, -0.25) is 14.5 Å². The zero-order valence-electron chi connectivity index (χ0n) is 18.0. The second kappa shape index (κ2) is 9.36. The van der Waals surface area contributed by atoms with Crippen molar-refractivity contribution in [3.8, 4) is 11.5 Å². The number of hydrogen-bond acceptors (Lipinski definition) is 5. The van der Waals surface area contributed by atoms with Crippen molar-refractivity contribution in [3.63, 3.8) is 0 Å². The Morgan fingerprint density at radius 1 is 1.13 bits per heavy atom. The Labute approximate surface area is 177 Å². The summed E-state index contributed by atoms with van der Waals surface area (Å²) in [6.07, 6.45) is 4.15. The van der Waals surface area contributed by atoms with Crippen LogP contribution in [0.15, 0.2) is 18.2 Å². The monoisotopic (exact) mass is 417 g/mol. The Hall–Kier alpha value is -2.77. The van der Waals surface area contributed by atoms with Crippen LogP contribution in [0.5, 0.6) is 11.5 Å². The molecule has 3 rings (SSSR count). The zero-order valence-corrected chi connectivity index (χ0v) is 18.0. The van der Waals surface area contributed by atoms with Crippen molar-refractivity contribution >= 4 is 17.8 Å². The van der Waals surface area contributed by atoms with E-state index in [0.717, 1.165) is 29.7 Å². The second-order valence-electron chi connectivity index (χ2n) is 7.83. The van der Waals surface area contributed by atoms with Crippen LogP contribution in [0.1, 0.15) is 64.5 Å². The van der Waals surface area contributed by atoms with Crippen LogP contribution in [0.3, 0.4) is 0 Å². The molecule has 1 aromatic carbocycles. The first kappa shape index (κ1) is 21.9. The standard InChI is InChI=1S/C22H31N3O5/c1-4-29-17-10-9-16(13-18(17)30-5-2)15(3)23-19(26)14-25-20(27)22(24-21(25)28)11-7-6-8-12-22/h9-10,13,15H,4-8,11-12,14H2,1-3H3,(H,23,26)(H,24,28)/t15-/m1/s1. The van der Waals surface area contributed by atoms with Gasteiger partial charge in [-0.15, -0.1) is 0 Å². The van der Waals surface area contributed by atoms with E-state index >= 15 is 0 Å². The fourth-order valence-corrected chi connectivity index (χ4v) is 4.17. The summed E-state index contributed by atoms with van der Waals surface area (Å²) in [6.45, 7) is 6.38. The van der Waals surface area contributed by atoms with Crippen LogP contribution < -0.4 is 20.1 Å². The molecule has 0 unspecified atom stereocenters. The summed E-state index contributed by atoms with van der Waals surface area (Å²) in [5, 5.41) is 5.69. The van der Waals surface area contributed by atoms with Crippen LogP contribution >= 0.6 is 0 Å². The molecule has 0 radical (unpaired) electrons. The Bertz CT molecular complexity index is 804. The first-order valence-electron chi connectivity index (χ1n) is 10.7. The van der Waals surface area contributed by atoms with E-state index in [1.54, 1.807) is 0 Å². The van der Waals surface area contributed by atoms with Gasteiger partial charge in [0.1, 0.15) is 12.1 Å². The van der Waals surface area contributed by atoms with Crippen LogP contribution in [-0.4, -0.2) is 48.0 Å². The third kappa shape index (κ3) is 4.52. The highest BCUT2D eigenvalue weighted by atomic mass is 16.5. The van der Waals surface area contributed by atoms with E-state index in [9.17, 15) is 14.4 Å². The molecule has 1 aliphatic heterocycles. The van der Waals surface area contributed by atoms with Gasteiger partial charge < -0.3 is 20.1 Å². The van der Waals surface area contributed by atoms with Crippen LogP contribution in [0, 0.1) is 0 Å². The first-order chi connectivity index (χ1) is 14.4. The number of carbonyl (C=O) groups excluding carboxylic acids is 3. The molecular formula is C22H31N3O5. The molecule has 1 aromatic rings. The summed E-state index contributed by atoms with van der Waals surface area (Å²) >= 11 is 0. The quantitative estimate of drug-likeness (QED) is 0.634. The molecule has 8 heteroatoms. The van der Waals surface area contributed by atoms with E-state index in [2.05, 4.69) is 10.6 Å². The molecular weight excluding hydrogens is 386 g/mol. The summed E-state index contributed by atoms with van der Waals surface area (Å²) in [5.74, 6) is 0.602. The first-order valence-corrected chi connectivity index (χ1v) is 10.7. The number of rotatable bonds is 8. The van der Waals surface area contributed by atoms with E-state index in [4.69, 9.17) is 9.47 Å². The van der Waals surface area contributed by atoms with Crippen LogP contribution in [0.2, 0.25) is 0 Å². The van der Waals surface area contributed by atoms with Gasteiger partial charge in [-0.1, -0.05) is 25.3 Å². The second-order valence-corrected chi connectivity index (χ2v) is 7.83. The molecule has 2 N–H and O–H groups in total. The molecule has 8 nitrogen and oxygen atoms in total. The van der Waals surface area contributed by atoms with Crippen molar-refractivity contribution < 1.29 is 23.9 Å². The number of amides is 4. The topological polar surface area (TPSA) is 97.0 Å². The van der Waals surface area contributed by atoms with Crippen molar-refractivity contribution in [3.05, 3.63) is 23.8 Å². The van der Waals surface area contributed by atoms with Gasteiger partial charge in [0, 0.05) is 0 Å². The van der Waals surface area contributed by atoms with E-state index in [0.29, 0.717) is 37.6 Å². The Morgan fingerprint density at radius 2 is 1.80 bits per heavy atom. The molecule has 1 saturated heterocycles. The molecule has 30 heavy (non-hydrogen) atoms. The van der Waals surface area contributed by atoms with Crippen molar-refractivity contribution in [1.82, 2.24) is 15.5 Å². The number of imide groups is 1. The Balaban J connectivity index is 1.64. The maximum atomic E-state index is 12.8. The molecule has 2 aliphatic rings. The Morgan fingerprint density at radius 3 is 2.47 bits per heavy atom. The summed E-state index contributed by atoms with van der Waals surface area (Å²) in [5.41, 5.74) is 0.0270. The van der Waals surface area contributed by atoms with Crippen molar-refractivity contribution in [2.24, 2.45) is 0 Å². The van der Waals surface area contributed by atoms with Gasteiger partial charge in [0.25, 0.3) is 5.91 Å². The van der Waals surface area contributed by atoms with E-state index in [-0.39, 0.29) is 24.4 Å². The lowest BCUT2D eigenvalue weighted by Crippen LogP contribution is -2.49. The number of nitrogens with one attached hydrogen (secondary N) is 2. The summed E-state index contributed by atoms with van der Waals surface area (Å²) in [7, 11) is 0. The number of nitrogens with zero attached hydrogens (tertiary/aromatic N) is 1. The maximum Gasteiger partial charge on any atom is 0.325 e. The van der Waals surface area contributed by atoms with Crippen LogP contribution in [0.4, 0.5) is 4.79 Å². The fraction of sp³-hybridized carbons (Fsp3) is 0.591. The van der Waals surface area contributed by atoms with Gasteiger partial charge in [0.2, 0.25) is 5.91 Å². The van der Waals surface area contributed by atoms with Crippen LogP contribution in [-0.2, 0) is 9.59 Å². The number of benzene rings is 1. The molecule has 1 aliphatic carbocycles. The smallest absolute Gasteiger partial charge is 0.325 e. The highest BCUT2D eigenvalue weighted by Gasteiger charge is 2.51. The van der Waals surface area contributed by atoms with E-state index in [1.807, 2.05) is 39.0 Å². The molecule has 164 valence electrons. The molecule has 1 saturated carbocycles. The predicted molar refractivity (Wildman–Crippen MR) is 111 cm³/mol. The lowest BCUT2D eigenvalue weighted by atomic mass is 9.82. The minimum Gasteiger partial charge on any atom is -0.490 e. The molecule has 1 heterocycles. The highest BCUT2D eigenvalue weighted by molar-refractivity contribution is 6.09. The van der Waals surface area contributed by atoms with Crippen molar-refractivity contribution in [1.29, 1.82) is 0 Å². The van der Waals surface area contributed by atoms with E-state index in [1.165, 1.54) is 0 Å². The molecule has 2 fully saturated rings. The number of ether oxygens (including phenoxy) is 2. The third-order valence-corrected chi connectivity index (χ3v) is 5.70. The zero-order chi connectivity index (χ0) is 21.7. The minimum absolute atomic E-state index is 0.283. The lowest BCUT2D eigenvalue weighted by Gasteiger charge is -2.30. The van der Waals surface area contributed by atoms with Gasteiger partial charge in [-0.05, 0) is 51.3 Å². The molecule has 0 bridgehead atoms. The maximum absolute atomic E-state index is 12.8. The highest BCUT2D eigenvalue weighted by Crippen LogP contribution is 2.34. The van der Waals surface area contributed by atoms with Gasteiger partial charge >= 0.3 is 6.03 Å². The van der Waals surface area contributed by atoms with Crippen molar-refractivity contribution in [2.75, 3.05) is 19.8 Å². The average molecular weight is 418 g/mol. The third-order valence-electron chi connectivity index (χ3n) is 5.70. The van der Waals surface area contributed by atoms with E-state index < -0.39 is 11.6 Å². The van der Waals surface area contributed by atoms with Gasteiger partial charge in [-0.25, -0.2) is 4.79 Å². The normalized spacial score (nSPS) is 18.8. The average Bonchev–Trinajstić information content (AvgIpc) is 2.94. The summed E-state index contributed by atoms with van der Waals surface area (Å²) in [6, 6.07) is 4.71. The van der Waals surface area contributed by atoms with Crippen molar-refractivity contribution in [2.45, 2.75) is 64.5 Å². The fourth-order valence-electron chi connectivity index (χ4n) is 4.17. The number of carbonyl (C=O) groups is 3.